The molecule has 2 aliphatic carbocycles. The first-order valence-electron chi connectivity index (χ1n) is 18.2. The highest BCUT2D eigenvalue weighted by Gasteiger charge is 2.56. The summed E-state index contributed by atoms with van der Waals surface area (Å²) in [7, 11) is 1.43. The zero-order valence-electron chi connectivity index (χ0n) is 30.3. The van der Waals surface area contributed by atoms with E-state index in [1.165, 1.54) is 24.1 Å². The molecule has 1 spiro atoms. The average molecular weight is 730 g/mol. The summed E-state index contributed by atoms with van der Waals surface area (Å²) in [6.07, 6.45) is 8.12. The van der Waals surface area contributed by atoms with Crippen LogP contribution in [-0.2, 0) is 28.8 Å². The summed E-state index contributed by atoms with van der Waals surface area (Å²) in [5.74, 6) is -2.35. The Labute approximate surface area is 304 Å². The minimum Gasteiger partial charge on any atom is -0.507 e. The first kappa shape index (κ1) is 38.4. The molecule has 2 saturated carbocycles. The van der Waals surface area contributed by atoms with E-state index in [0.29, 0.717) is 24.1 Å². The number of ether oxygens (including phenoxy) is 1. The number of likely N-dealkylation sites (tertiary alicyclic amines) is 1. The second-order valence-corrected chi connectivity index (χ2v) is 16.1. The van der Waals surface area contributed by atoms with Gasteiger partial charge in [-0.25, -0.2) is 0 Å². The number of Topliss-reactive ketones (excluding diaryl/α,β-unsaturated/α-hetero) is 1. The van der Waals surface area contributed by atoms with Crippen molar-refractivity contribution in [2.24, 2.45) is 16.5 Å². The molecule has 1 aromatic rings. The van der Waals surface area contributed by atoms with Crippen molar-refractivity contribution in [3.8, 4) is 11.5 Å². The molecule has 13 nitrogen and oxygen atoms in total. The standard InChI is InChI=1S/C37H52ClN5O8/c1-6-10-25(31(46)34(48)39-22-13-14-22)40-33(47)27-19-37(18-26(42-51-37)23-16-24(38)29(50-5)17-28(23)44)20-43(27)35(49)32(36(2,3)4)41-30(45)15-21-11-8-7-9-12-21/h16-17,21-22,25,27,32,44H,6-15,18-20H2,1-5H3,(H,39,48)(H,40,47)(H,41,45)/t25-,27-,32+,37+/m0/s1. The number of ketones is 1. The number of phenols is 1. The molecule has 280 valence electrons. The SMILES string of the molecule is CCC[C@H](NC(=O)[C@@H]1C[C@]2(CC(c3cc(Cl)c(OC)cc3O)=NO2)CN1C(=O)[C@@H](NC(=O)CC1CCCCC1)C(C)(C)C)C(=O)C(=O)NC1CC1. The molecule has 0 aromatic heterocycles. The quantitative estimate of drug-likeness (QED) is 0.219. The van der Waals surface area contributed by atoms with Gasteiger partial charge in [-0.15, -0.1) is 0 Å². The van der Waals surface area contributed by atoms with Crippen LogP contribution >= 0.6 is 11.6 Å². The van der Waals surface area contributed by atoms with Gasteiger partial charge in [0.05, 0.1) is 30.4 Å². The van der Waals surface area contributed by atoms with Crippen LogP contribution in [0.4, 0.5) is 0 Å². The van der Waals surface area contributed by atoms with Crippen LogP contribution in [0.5, 0.6) is 11.5 Å². The summed E-state index contributed by atoms with van der Waals surface area (Å²) in [4.78, 5) is 75.5. The molecule has 1 aromatic carbocycles. The Morgan fingerprint density at radius 2 is 1.80 bits per heavy atom. The molecule has 51 heavy (non-hydrogen) atoms. The normalized spacial score (nSPS) is 23.2. The number of halogens is 1. The van der Waals surface area contributed by atoms with Crippen LogP contribution in [0.3, 0.4) is 0 Å². The first-order chi connectivity index (χ1) is 24.1. The van der Waals surface area contributed by atoms with Crippen molar-refractivity contribution in [3.05, 3.63) is 22.7 Å². The maximum atomic E-state index is 14.6. The number of aromatic hydroxyl groups is 1. The van der Waals surface area contributed by atoms with E-state index in [0.717, 1.165) is 44.9 Å². The number of amides is 4. The second-order valence-electron chi connectivity index (χ2n) is 15.7. The third-order valence-corrected chi connectivity index (χ3v) is 10.7. The van der Waals surface area contributed by atoms with Crippen molar-refractivity contribution in [3.63, 3.8) is 0 Å². The molecule has 4 N–H and O–H groups in total. The Kier molecular flexibility index (Phi) is 11.9. The van der Waals surface area contributed by atoms with E-state index in [-0.39, 0.29) is 60.2 Å². The number of carbonyl (C=O) groups excluding carboxylic acids is 5. The Morgan fingerprint density at radius 3 is 2.43 bits per heavy atom. The number of hydrogen-bond donors (Lipinski definition) is 4. The molecule has 2 aliphatic heterocycles. The maximum Gasteiger partial charge on any atom is 0.289 e. The number of methoxy groups -OCH3 is 1. The molecular weight excluding hydrogens is 678 g/mol. The third-order valence-electron chi connectivity index (χ3n) is 10.4. The lowest BCUT2D eigenvalue weighted by Gasteiger charge is -2.36. The van der Waals surface area contributed by atoms with Crippen molar-refractivity contribution in [2.45, 2.75) is 135 Å². The highest BCUT2D eigenvalue weighted by molar-refractivity contribution is 6.38. The van der Waals surface area contributed by atoms with Gasteiger partial charge in [0.25, 0.3) is 5.91 Å². The fourth-order valence-electron chi connectivity index (χ4n) is 7.36. The summed E-state index contributed by atoms with van der Waals surface area (Å²) in [5.41, 5.74) is -1.19. The smallest absolute Gasteiger partial charge is 0.289 e. The molecule has 2 heterocycles. The molecule has 4 amide bonds. The van der Waals surface area contributed by atoms with Gasteiger partial charge in [-0.05, 0) is 49.5 Å². The fraction of sp³-hybridized carbons (Fsp3) is 0.676. The summed E-state index contributed by atoms with van der Waals surface area (Å²) < 4.78 is 5.21. The van der Waals surface area contributed by atoms with Crippen molar-refractivity contribution in [1.29, 1.82) is 0 Å². The molecule has 4 aliphatic rings. The van der Waals surface area contributed by atoms with Gasteiger partial charge in [-0.2, -0.15) is 0 Å². The summed E-state index contributed by atoms with van der Waals surface area (Å²) in [6.45, 7) is 7.36. The minimum atomic E-state index is -1.16. The number of hydrogen-bond acceptors (Lipinski definition) is 9. The van der Waals surface area contributed by atoms with E-state index in [9.17, 15) is 29.1 Å². The Bertz CT molecular complexity index is 1550. The number of carbonyl (C=O) groups is 5. The van der Waals surface area contributed by atoms with Crippen molar-refractivity contribution >= 4 is 46.7 Å². The fourth-order valence-corrected chi connectivity index (χ4v) is 7.60. The molecule has 0 unspecified atom stereocenters. The van der Waals surface area contributed by atoms with E-state index >= 15 is 0 Å². The number of rotatable bonds is 13. The van der Waals surface area contributed by atoms with Gasteiger partial charge in [-0.3, -0.25) is 24.0 Å². The molecule has 3 fully saturated rings. The highest BCUT2D eigenvalue weighted by Crippen LogP contribution is 2.42. The summed E-state index contributed by atoms with van der Waals surface area (Å²) in [5, 5.41) is 23.8. The molecule has 14 heteroatoms. The van der Waals surface area contributed by atoms with Crippen LogP contribution in [0, 0.1) is 11.3 Å². The van der Waals surface area contributed by atoms with Crippen molar-refractivity contribution in [1.82, 2.24) is 20.9 Å². The molecule has 0 radical (unpaired) electrons. The van der Waals surface area contributed by atoms with E-state index < -0.39 is 52.6 Å². The monoisotopic (exact) mass is 729 g/mol. The Balaban J connectivity index is 1.40. The minimum absolute atomic E-state index is 0.0103. The Morgan fingerprint density at radius 1 is 1.10 bits per heavy atom. The van der Waals surface area contributed by atoms with Crippen molar-refractivity contribution < 1.29 is 38.7 Å². The topological polar surface area (TPSA) is 176 Å². The number of benzene rings is 1. The van der Waals surface area contributed by atoms with Crippen LogP contribution in [0.2, 0.25) is 5.02 Å². The molecule has 0 bridgehead atoms. The first-order valence-corrected chi connectivity index (χ1v) is 18.6. The lowest BCUT2D eigenvalue weighted by atomic mass is 9.84. The van der Waals surface area contributed by atoms with Crippen LogP contribution < -0.4 is 20.7 Å². The Hall–Kier alpha value is -3.87. The predicted molar refractivity (Wildman–Crippen MR) is 190 cm³/mol. The molecule has 5 rings (SSSR count). The lowest BCUT2D eigenvalue weighted by Crippen LogP contribution is -2.59. The van der Waals surface area contributed by atoms with Gasteiger partial charge in [-0.1, -0.05) is 70.1 Å². The van der Waals surface area contributed by atoms with Crippen LogP contribution in [0.1, 0.15) is 110 Å². The number of phenolic OH excluding ortho intramolecular Hbond substituents is 1. The zero-order chi connectivity index (χ0) is 37.1. The van der Waals surface area contributed by atoms with Crippen LogP contribution in [0.15, 0.2) is 17.3 Å². The van der Waals surface area contributed by atoms with Gasteiger partial charge < -0.3 is 35.5 Å². The molecular formula is C37H52ClN5O8. The number of nitrogens with one attached hydrogen (secondary N) is 3. The van der Waals surface area contributed by atoms with E-state index in [4.69, 9.17) is 21.2 Å². The molecule has 4 atom stereocenters. The zero-order valence-corrected chi connectivity index (χ0v) is 31.1. The predicted octanol–water partition coefficient (Wildman–Crippen LogP) is 4.15. The third kappa shape index (κ3) is 9.14. The van der Waals surface area contributed by atoms with Gasteiger partial charge >= 0.3 is 0 Å². The highest BCUT2D eigenvalue weighted by atomic mass is 35.5. The largest absolute Gasteiger partial charge is 0.507 e. The summed E-state index contributed by atoms with van der Waals surface area (Å²) >= 11 is 6.37. The van der Waals surface area contributed by atoms with Gasteiger partial charge in [0.1, 0.15) is 23.6 Å². The van der Waals surface area contributed by atoms with E-state index in [1.807, 2.05) is 27.7 Å². The van der Waals surface area contributed by atoms with Gasteiger partial charge in [0.2, 0.25) is 23.5 Å². The van der Waals surface area contributed by atoms with E-state index in [2.05, 4.69) is 21.1 Å². The van der Waals surface area contributed by atoms with Crippen molar-refractivity contribution in [2.75, 3.05) is 13.7 Å². The maximum absolute atomic E-state index is 14.6. The average Bonchev–Trinajstić information content (AvgIpc) is 3.68. The van der Waals surface area contributed by atoms with Crippen LogP contribution in [0.25, 0.3) is 0 Å². The van der Waals surface area contributed by atoms with E-state index in [1.54, 1.807) is 0 Å². The second kappa shape index (κ2) is 15.8. The molecule has 1 saturated heterocycles. The lowest BCUT2D eigenvalue weighted by molar-refractivity contribution is -0.145. The summed E-state index contributed by atoms with van der Waals surface area (Å²) in [6, 6.07) is -0.303. The van der Waals surface area contributed by atoms with Crippen LogP contribution in [-0.4, -0.2) is 88.6 Å². The number of nitrogens with zero attached hydrogens (tertiary/aromatic N) is 2. The van der Waals surface area contributed by atoms with Gasteiger partial charge in [0, 0.05) is 36.9 Å². The number of oxime groups is 1. The van der Waals surface area contributed by atoms with Gasteiger partial charge in [0.15, 0.2) is 5.60 Å².